The lowest BCUT2D eigenvalue weighted by atomic mass is 10.0. The van der Waals surface area contributed by atoms with E-state index < -0.39 is 10.0 Å². The summed E-state index contributed by atoms with van der Waals surface area (Å²) in [4.78, 5) is 12.1. The number of sulfonamides is 1. The molecule has 1 aromatic rings. The molecule has 0 spiro atoms. The van der Waals surface area contributed by atoms with E-state index in [0.717, 1.165) is 19.3 Å². The zero-order chi connectivity index (χ0) is 19.9. The maximum Gasteiger partial charge on any atom is 0.241 e. The van der Waals surface area contributed by atoms with Gasteiger partial charge in [0.1, 0.15) is 0 Å². The van der Waals surface area contributed by atoms with Crippen LogP contribution in [0, 0.1) is 5.92 Å². The Morgan fingerprint density at radius 1 is 1.19 bits per heavy atom. The average molecular weight is 400 g/mol. The van der Waals surface area contributed by atoms with Crippen LogP contribution in [0.1, 0.15) is 33.1 Å². The molecule has 2 unspecified atom stereocenters. The second-order valence-electron chi connectivity index (χ2n) is 6.40. The van der Waals surface area contributed by atoms with Gasteiger partial charge in [-0.2, -0.15) is 0 Å². The molecule has 0 saturated heterocycles. The molecular weight excluding hydrogens is 370 g/mol. The predicted octanol–water partition coefficient (Wildman–Crippen LogP) is 1.01. The summed E-state index contributed by atoms with van der Waals surface area (Å²) in [6.45, 7) is 4.65. The maximum atomic E-state index is 12.5. The summed E-state index contributed by atoms with van der Waals surface area (Å²) in [5.74, 6) is 0.721. The first-order valence-corrected chi connectivity index (χ1v) is 10.8. The molecule has 1 amide bonds. The first kappa shape index (κ1) is 21.5. The van der Waals surface area contributed by atoms with Crippen molar-refractivity contribution in [3.63, 3.8) is 0 Å². The third kappa shape index (κ3) is 5.82. The first-order chi connectivity index (χ1) is 12.9. The van der Waals surface area contributed by atoms with Gasteiger partial charge in [0.2, 0.25) is 15.9 Å². The summed E-state index contributed by atoms with van der Waals surface area (Å²) in [5.41, 5.74) is 5.71. The minimum absolute atomic E-state index is 0.0158. The van der Waals surface area contributed by atoms with Crippen LogP contribution in [-0.4, -0.2) is 46.7 Å². The van der Waals surface area contributed by atoms with Gasteiger partial charge in [0.05, 0.1) is 24.7 Å². The number of nitrogens with two attached hydrogens (primary N) is 1. The molecule has 9 heteroatoms. The van der Waals surface area contributed by atoms with E-state index in [2.05, 4.69) is 10.0 Å². The minimum atomic E-state index is -3.85. The molecule has 1 aliphatic rings. The Bertz CT molecular complexity index is 739. The Hall–Kier alpha value is -1.84. The molecule has 0 heterocycles. The molecule has 0 aromatic heterocycles. The quantitative estimate of drug-likeness (QED) is 0.540. The van der Waals surface area contributed by atoms with E-state index in [1.165, 1.54) is 12.1 Å². The SMILES string of the molecule is CCOc1ccc(S(=O)(=O)NCC(=O)NC2CCCC2CN)cc1OCC. The monoisotopic (exact) mass is 399 g/mol. The summed E-state index contributed by atoms with van der Waals surface area (Å²) in [5, 5.41) is 2.87. The standard InChI is InChI=1S/C18H29N3O5S/c1-3-25-16-9-8-14(10-17(16)26-4-2)27(23,24)20-12-18(22)21-15-7-5-6-13(15)11-19/h8-10,13,15,20H,3-7,11-12,19H2,1-2H3,(H,21,22). The Balaban J connectivity index is 2.01. The van der Waals surface area contributed by atoms with Crippen molar-refractivity contribution >= 4 is 15.9 Å². The highest BCUT2D eigenvalue weighted by Gasteiger charge is 2.27. The number of benzene rings is 1. The lowest BCUT2D eigenvalue weighted by Gasteiger charge is -2.19. The second-order valence-corrected chi connectivity index (χ2v) is 8.17. The van der Waals surface area contributed by atoms with Crippen molar-refractivity contribution in [3.8, 4) is 11.5 Å². The summed E-state index contributed by atoms with van der Waals surface area (Å²) in [6.07, 6.45) is 2.88. The smallest absolute Gasteiger partial charge is 0.241 e. The molecule has 1 aromatic carbocycles. The van der Waals surface area contributed by atoms with E-state index in [4.69, 9.17) is 15.2 Å². The molecule has 0 bridgehead atoms. The van der Waals surface area contributed by atoms with E-state index in [1.54, 1.807) is 13.0 Å². The Morgan fingerprint density at radius 2 is 1.89 bits per heavy atom. The largest absolute Gasteiger partial charge is 0.490 e. The van der Waals surface area contributed by atoms with E-state index in [1.807, 2.05) is 6.92 Å². The van der Waals surface area contributed by atoms with E-state index in [0.29, 0.717) is 31.3 Å². The summed E-state index contributed by atoms with van der Waals surface area (Å²) in [7, 11) is -3.85. The zero-order valence-corrected chi connectivity index (χ0v) is 16.7. The van der Waals surface area contributed by atoms with Crippen molar-refractivity contribution in [1.82, 2.24) is 10.0 Å². The highest BCUT2D eigenvalue weighted by atomic mass is 32.2. The van der Waals surface area contributed by atoms with Crippen LogP contribution < -0.4 is 25.2 Å². The van der Waals surface area contributed by atoms with Gasteiger partial charge in [0.25, 0.3) is 0 Å². The van der Waals surface area contributed by atoms with Crippen molar-refractivity contribution in [2.45, 2.75) is 44.0 Å². The lowest BCUT2D eigenvalue weighted by Crippen LogP contribution is -2.44. The van der Waals surface area contributed by atoms with Gasteiger partial charge in [-0.3, -0.25) is 4.79 Å². The van der Waals surface area contributed by atoms with Gasteiger partial charge in [0, 0.05) is 12.1 Å². The normalized spacial score (nSPS) is 19.7. The van der Waals surface area contributed by atoms with Crippen LogP contribution in [0.4, 0.5) is 0 Å². The summed E-state index contributed by atoms with van der Waals surface area (Å²) >= 11 is 0. The van der Waals surface area contributed by atoms with Gasteiger partial charge in [0.15, 0.2) is 11.5 Å². The number of amides is 1. The van der Waals surface area contributed by atoms with Gasteiger partial charge < -0.3 is 20.5 Å². The molecule has 8 nitrogen and oxygen atoms in total. The molecule has 4 N–H and O–H groups in total. The number of rotatable bonds is 10. The molecule has 2 atom stereocenters. The molecule has 1 saturated carbocycles. The number of hydrogen-bond donors (Lipinski definition) is 3. The zero-order valence-electron chi connectivity index (χ0n) is 15.9. The molecule has 1 fully saturated rings. The van der Waals surface area contributed by atoms with E-state index in [-0.39, 0.29) is 29.3 Å². The Kier molecular flexibility index (Phi) is 7.88. The number of nitrogens with one attached hydrogen (secondary N) is 2. The van der Waals surface area contributed by atoms with Gasteiger partial charge >= 0.3 is 0 Å². The third-order valence-corrected chi connectivity index (χ3v) is 5.96. The molecule has 152 valence electrons. The third-order valence-electron chi connectivity index (χ3n) is 4.56. The topological polar surface area (TPSA) is 120 Å². The van der Waals surface area contributed by atoms with E-state index >= 15 is 0 Å². The van der Waals surface area contributed by atoms with Crippen molar-refractivity contribution in [1.29, 1.82) is 0 Å². The number of ether oxygens (including phenoxy) is 2. The maximum absolute atomic E-state index is 12.5. The van der Waals surface area contributed by atoms with Crippen molar-refractivity contribution in [3.05, 3.63) is 18.2 Å². The molecule has 0 aliphatic heterocycles. The van der Waals surface area contributed by atoms with Crippen LogP contribution in [0.5, 0.6) is 11.5 Å². The van der Waals surface area contributed by atoms with Crippen LogP contribution >= 0.6 is 0 Å². The molecule has 0 radical (unpaired) electrons. The highest BCUT2D eigenvalue weighted by molar-refractivity contribution is 7.89. The van der Waals surface area contributed by atoms with Crippen LogP contribution in [0.2, 0.25) is 0 Å². The number of hydrogen-bond acceptors (Lipinski definition) is 6. The van der Waals surface area contributed by atoms with Crippen LogP contribution in [0.15, 0.2) is 23.1 Å². The number of carbonyl (C=O) groups is 1. The Morgan fingerprint density at radius 3 is 2.56 bits per heavy atom. The lowest BCUT2D eigenvalue weighted by molar-refractivity contribution is -0.120. The van der Waals surface area contributed by atoms with Gasteiger partial charge in [-0.25, -0.2) is 13.1 Å². The van der Waals surface area contributed by atoms with Crippen molar-refractivity contribution in [2.75, 3.05) is 26.3 Å². The fourth-order valence-corrected chi connectivity index (χ4v) is 4.21. The summed E-state index contributed by atoms with van der Waals surface area (Å²) in [6, 6.07) is 4.39. The average Bonchev–Trinajstić information content (AvgIpc) is 3.09. The highest BCUT2D eigenvalue weighted by Crippen LogP contribution is 2.30. The first-order valence-electron chi connectivity index (χ1n) is 9.30. The van der Waals surface area contributed by atoms with Crippen molar-refractivity contribution < 1.29 is 22.7 Å². The van der Waals surface area contributed by atoms with Gasteiger partial charge in [-0.15, -0.1) is 0 Å². The predicted molar refractivity (Wildman–Crippen MR) is 102 cm³/mol. The van der Waals surface area contributed by atoms with Gasteiger partial charge in [-0.05, 0) is 51.3 Å². The van der Waals surface area contributed by atoms with Crippen molar-refractivity contribution in [2.24, 2.45) is 11.7 Å². The molecule has 1 aliphatic carbocycles. The summed E-state index contributed by atoms with van der Waals surface area (Å²) < 4.78 is 38.3. The molecule has 2 rings (SSSR count). The molecular formula is C18H29N3O5S. The van der Waals surface area contributed by atoms with Crippen LogP contribution in [-0.2, 0) is 14.8 Å². The van der Waals surface area contributed by atoms with Crippen LogP contribution in [0.3, 0.4) is 0 Å². The van der Waals surface area contributed by atoms with Gasteiger partial charge in [-0.1, -0.05) is 6.42 Å². The Labute approximate surface area is 160 Å². The minimum Gasteiger partial charge on any atom is -0.490 e. The van der Waals surface area contributed by atoms with Crippen LogP contribution in [0.25, 0.3) is 0 Å². The molecule has 27 heavy (non-hydrogen) atoms. The fourth-order valence-electron chi connectivity index (χ4n) is 3.21. The second kappa shape index (κ2) is 9.91. The number of carbonyl (C=O) groups excluding carboxylic acids is 1. The van der Waals surface area contributed by atoms with E-state index in [9.17, 15) is 13.2 Å². The fraction of sp³-hybridized carbons (Fsp3) is 0.611.